The van der Waals surface area contributed by atoms with Gasteiger partial charge >= 0.3 is 5.97 Å². The number of rotatable bonds is 3. The number of aromatic nitrogens is 1. The molecule has 5 nitrogen and oxygen atoms in total. The lowest BCUT2D eigenvalue weighted by atomic mass is 10.1. The first-order valence-electron chi connectivity index (χ1n) is 6.83. The normalized spacial score (nSPS) is 11.1. The lowest BCUT2D eigenvalue weighted by Gasteiger charge is -2.06. The summed E-state index contributed by atoms with van der Waals surface area (Å²) in [5.41, 5.74) is 1.47. The monoisotopic (exact) mass is 427 g/mol. The Morgan fingerprint density at radius 3 is 2.62 bits per heavy atom. The average Bonchev–Trinajstić information content (AvgIpc) is 3.03. The molecule has 0 radical (unpaired) electrons. The largest absolute Gasteiger partial charge is 0.506 e. The Balaban J connectivity index is 2.30. The zero-order chi connectivity index (χ0) is 17.6. The maximum Gasteiger partial charge on any atom is 0.307 e. The minimum absolute atomic E-state index is 0.100. The minimum atomic E-state index is -1.02. The number of aromatic hydroxyl groups is 1. The second-order valence-electron chi connectivity index (χ2n) is 5.20. The third-order valence-electron chi connectivity index (χ3n) is 3.72. The summed E-state index contributed by atoms with van der Waals surface area (Å²) in [6.45, 7) is 1.68. The predicted molar refractivity (Wildman–Crippen MR) is 96.4 cm³/mol. The number of phenols is 1. The van der Waals surface area contributed by atoms with Gasteiger partial charge in [0.05, 0.1) is 25.6 Å². The van der Waals surface area contributed by atoms with E-state index < -0.39 is 5.97 Å². The molecule has 2 heterocycles. The molecule has 2 N–H and O–H groups in total. The standard InChI is InChI=1S/C16H11BrClNO4S/c1-7-8(5-15(21)22)9-4-12(20)10(18)6-11(9)19(7)16(23)13-2-3-14(17)24-13/h2-4,6,20H,5H2,1H3,(H,21,22). The maximum atomic E-state index is 12.9. The highest BCUT2D eigenvalue weighted by atomic mass is 79.9. The Morgan fingerprint density at radius 1 is 1.33 bits per heavy atom. The smallest absolute Gasteiger partial charge is 0.307 e. The lowest BCUT2D eigenvalue weighted by Crippen LogP contribution is -2.12. The Kier molecular flexibility index (Phi) is 4.42. The van der Waals surface area contributed by atoms with E-state index in [0.29, 0.717) is 27.0 Å². The van der Waals surface area contributed by atoms with Crippen molar-refractivity contribution in [3.8, 4) is 5.75 Å². The highest BCUT2D eigenvalue weighted by Gasteiger charge is 2.23. The quantitative estimate of drug-likeness (QED) is 0.646. The Bertz CT molecular complexity index is 992. The third-order valence-corrected chi connectivity index (χ3v) is 5.63. The number of carbonyl (C=O) groups excluding carboxylic acids is 1. The molecule has 0 bridgehead atoms. The molecular weight excluding hydrogens is 418 g/mol. The van der Waals surface area contributed by atoms with Crippen LogP contribution >= 0.6 is 38.9 Å². The number of carboxylic acids is 1. The van der Waals surface area contributed by atoms with E-state index in [2.05, 4.69) is 15.9 Å². The fourth-order valence-corrected chi connectivity index (χ4v) is 4.14. The molecule has 3 rings (SSSR count). The van der Waals surface area contributed by atoms with Crippen LogP contribution in [0.1, 0.15) is 20.9 Å². The van der Waals surface area contributed by atoms with Crippen LogP contribution in [0, 0.1) is 6.92 Å². The van der Waals surface area contributed by atoms with Gasteiger partial charge in [-0.05, 0) is 52.7 Å². The van der Waals surface area contributed by atoms with Gasteiger partial charge in [0, 0.05) is 11.1 Å². The van der Waals surface area contributed by atoms with Crippen LogP contribution < -0.4 is 0 Å². The van der Waals surface area contributed by atoms with Crippen molar-refractivity contribution in [2.45, 2.75) is 13.3 Å². The summed E-state index contributed by atoms with van der Waals surface area (Å²) in [7, 11) is 0. The molecule has 2 aromatic heterocycles. The van der Waals surface area contributed by atoms with E-state index in [1.54, 1.807) is 19.1 Å². The molecular formula is C16H11BrClNO4S. The van der Waals surface area contributed by atoms with Gasteiger partial charge in [0.1, 0.15) is 5.75 Å². The van der Waals surface area contributed by atoms with Gasteiger partial charge in [-0.15, -0.1) is 11.3 Å². The summed E-state index contributed by atoms with van der Waals surface area (Å²) in [6.07, 6.45) is -0.252. The van der Waals surface area contributed by atoms with Crippen molar-refractivity contribution in [1.29, 1.82) is 0 Å². The van der Waals surface area contributed by atoms with Gasteiger partial charge in [-0.3, -0.25) is 14.2 Å². The summed E-state index contributed by atoms with van der Waals surface area (Å²) in [6, 6.07) is 6.35. The summed E-state index contributed by atoms with van der Waals surface area (Å²) in [4.78, 5) is 24.6. The first-order valence-corrected chi connectivity index (χ1v) is 8.82. The van der Waals surface area contributed by atoms with Crippen molar-refractivity contribution < 1.29 is 19.8 Å². The number of carbonyl (C=O) groups is 2. The first-order chi connectivity index (χ1) is 11.3. The van der Waals surface area contributed by atoms with Crippen molar-refractivity contribution in [2.24, 2.45) is 0 Å². The first kappa shape index (κ1) is 17.0. The van der Waals surface area contributed by atoms with Gasteiger partial charge in [0.15, 0.2) is 0 Å². The predicted octanol–water partition coefficient (Wildman–Crippen LogP) is 4.45. The zero-order valence-electron chi connectivity index (χ0n) is 12.3. The summed E-state index contributed by atoms with van der Waals surface area (Å²) < 4.78 is 2.26. The van der Waals surface area contributed by atoms with Crippen molar-refractivity contribution in [3.05, 3.63) is 49.2 Å². The van der Waals surface area contributed by atoms with Gasteiger partial charge < -0.3 is 10.2 Å². The van der Waals surface area contributed by atoms with Crippen molar-refractivity contribution in [2.75, 3.05) is 0 Å². The fraction of sp³-hybridized carbons (Fsp3) is 0.125. The number of fused-ring (bicyclic) bond motifs is 1. The molecule has 0 fully saturated rings. The molecule has 24 heavy (non-hydrogen) atoms. The van der Waals surface area contributed by atoms with Crippen LogP contribution in [0.5, 0.6) is 5.75 Å². The van der Waals surface area contributed by atoms with E-state index in [1.165, 1.54) is 28.0 Å². The lowest BCUT2D eigenvalue weighted by molar-refractivity contribution is -0.136. The molecule has 0 aliphatic rings. The van der Waals surface area contributed by atoms with E-state index in [1.807, 2.05) is 0 Å². The third kappa shape index (κ3) is 2.83. The second kappa shape index (κ2) is 6.23. The number of carboxylic acid groups (broad SMARTS) is 1. The second-order valence-corrected chi connectivity index (χ2v) is 8.07. The SMILES string of the molecule is Cc1c(CC(=O)O)c2cc(O)c(Cl)cc2n1C(=O)c1ccc(Br)s1. The molecule has 1 aromatic carbocycles. The molecule has 124 valence electrons. The summed E-state index contributed by atoms with van der Waals surface area (Å²) in [5, 5.41) is 19.6. The topological polar surface area (TPSA) is 79.5 Å². The molecule has 8 heteroatoms. The molecule has 0 amide bonds. The number of halogens is 2. The van der Waals surface area contributed by atoms with Crippen LogP contribution in [0.4, 0.5) is 0 Å². The van der Waals surface area contributed by atoms with Crippen LogP contribution in [-0.2, 0) is 11.2 Å². The molecule has 0 atom stereocenters. The van der Waals surface area contributed by atoms with Gasteiger partial charge in [-0.2, -0.15) is 0 Å². The average molecular weight is 429 g/mol. The molecule has 0 unspecified atom stereocenters. The molecule has 0 saturated heterocycles. The Labute approximate surface area is 154 Å². The maximum absolute atomic E-state index is 12.9. The van der Waals surface area contributed by atoms with Crippen LogP contribution in [0.3, 0.4) is 0 Å². The Morgan fingerprint density at radius 2 is 2.04 bits per heavy atom. The molecule has 0 aliphatic heterocycles. The number of thiophene rings is 1. The van der Waals surface area contributed by atoms with Crippen LogP contribution in [-0.4, -0.2) is 26.7 Å². The molecule has 0 saturated carbocycles. The van der Waals surface area contributed by atoms with Gasteiger partial charge in [-0.25, -0.2) is 0 Å². The van der Waals surface area contributed by atoms with E-state index in [0.717, 1.165) is 3.79 Å². The highest BCUT2D eigenvalue weighted by Crippen LogP contribution is 2.35. The molecule has 0 aliphatic carbocycles. The number of nitrogens with zero attached hydrogens (tertiary/aromatic N) is 1. The van der Waals surface area contributed by atoms with E-state index >= 15 is 0 Å². The molecule has 0 spiro atoms. The van der Waals surface area contributed by atoms with E-state index in [4.69, 9.17) is 16.7 Å². The van der Waals surface area contributed by atoms with E-state index in [9.17, 15) is 14.7 Å². The number of hydrogen-bond acceptors (Lipinski definition) is 4. The van der Waals surface area contributed by atoms with Crippen molar-refractivity contribution in [1.82, 2.24) is 4.57 Å². The number of aliphatic carboxylic acids is 1. The van der Waals surface area contributed by atoms with Crippen LogP contribution in [0.15, 0.2) is 28.1 Å². The molecule has 3 aromatic rings. The van der Waals surface area contributed by atoms with Gasteiger partial charge in [0.2, 0.25) is 0 Å². The van der Waals surface area contributed by atoms with E-state index in [-0.39, 0.29) is 23.1 Å². The van der Waals surface area contributed by atoms with Crippen molar-refractivity contribution >= 4 is 61.6 Å². The Hall–Kier alpha value is -1.83. The van der Waals surface area contributed by atoms with Crippen LogP contribution in [0.25, 0.3) is 10.9 Å². The summed E-state index contributed by atoms with van der Waals surface area (Å²) >= 11 is 10.6. The minimum Gasteiger partial charge on any atom is -0.506 e. The van der Waals surface area contributed by atoms with Gasteiger partial charge in [-0.1, -0.05) is 11.6 Å². The number of benzene rings is 1. The van der Waals surface area contributed by atoms with Crippen LogP contribution in [0.2, 0.25) is 5.02 Å². The van der Waals surface area contributed by atoms with Crippen molar-refractivity contribution in [3.63, 3.8) is 0 Å². The summed E-state index contributed by atoms with van der Waals surface area (Å²) in [5.74, 6) is -1.44. The number of hydrogen-bond donors (Lipinski definition) is 2. The number of phenolic OH excluding ortho intramolecular Hbond substituents is 1. The van der Waals surface area contributed by atoms with Gasteiger partial charge in [0.25, 0.3) is 5.91 Å². The zero-order valence-corrected chi connectivity index (χ0v) is 15.5. The highest BCUT2D eigenvalue weighted by molar-refractivity contribution is 9.11. The fourth-order valence-electron chi connectivity index (χ4n) is 2.66.